The Labute approximate surface area is 143 Å². The number of halogens is 2. The maximum Gasteiger partial charge on any atom is 2.00 e. The smallest absolute Gasteiger partial charge is 1.00 e. The average Bonchev–Trinajstić information content (AvgIpc) is 2.31. The third-order valence-corrected chi connectivity index (χ3v) is 16.7. The minimum Gasteiger partial charge on any atom is -1.00 e. The van der Waals surface area contributed by atoms with Gasteiger partial charge in [-0.15, -0.1) is 7.47 Å². The summed E-state index contributed by atoms with van der Waals surface area (Å²) in [4.78, 5) is 0. The monoisotopic (exact) mass is 358 g/mol. The van der Waals surface area contributed by atoms with Crippen molar-refractivity contribution in [3.8, 4) is 0 Å². The zero-order valence-corrected chi connectivity index (χ0v) is 17.7. The van der Waals surface area contributed by atoms with Gasteiger partial charge in [0, 0.05) is 5.54 Å². The summed E-state index contributed by atoms with van der Waals surface area (Å²) in [5, 5.41) is 0. The molecule has 0 amide bonds. The number of rotatable bonds is 2. The van der Waals surface area contributed by atoms with Gasteiger partial charge in [-0.1, -0.05) is 24.2 Å². The first-order valence-electron chi connectivity index (χ1n) is 5.73. The molecule has 0 nitrogen and oxygen atoms in total. The Morgan fingerprint density at radius 2 is 1.11 bits per heavy atom. The van der Waals surface area contributed by atoms with Crippen molar-refractivity contribution >= 4 is 15.2 Å². The van der Waals surface area contributed by atoms with E-state index >= 15 is 0 Å². The summed E-state index contributed by atoms with van der Waals surface area (Å²) in [5.74, 6) is 0. The van der Waals surface area contributed by atoms with Gasteiger partial charge in [0.2, 0.25) is 0 Å². The first kappa shape index (κ1) is 24.4. The van der Waals surface area contributed by atoms with Crippen LogP contribution in [0, 0.1) is 0 Å². The van der Waals surface area contributed by atoms with Crippen molar-refractivity contribution in [3.63, 3.8) is 0 Å². The van der Waals surface area contributed by atoms with Gasteiger partial charge >= 0.3 is 21.7 Å². The van der Waals surface area contributed by atoms with Crippen LogP contribution >= 0.6 is 7.47 Å². The standard InChI is InChI=1S/C13H25PSi.2ClH.Ti/c1-9-10(2)12(4)13(11(9)3)15(7,8)14(5)6;;;/h13H,1-8H3;2*1H;/q;;;+2/p-2. The van der Waals surface area contributed by atoms with Crippen LogP contribution in [0.4, 0.5) is 0 Å². The molecule has 0 heterocycles. The van der Waals surface area contributed by atoms with Gasteiger partial charge in [0.15, 0.2) is 0 Å². The molecule has 0 saturated carbocycles. The Bertz CT molecular complexity index is 325. The van der Waals surface area contributed by atoms with Crippen molar-refractivity contribution in [2.75, 3.05) is 13.3 Å². The molecule has 0 N–H and O–H groups in total. The van der Waals surface area contributed by atoms with Crippen molar-refractivity contribution in [3.05, 3.63) is 22.3 Å². The molecule has 0 aliphatic heterocycles. The molecular formula is C13H25Cl2PSiTi. The van der Waals surface area contributed by atoms with Gasteiger partial charge in [-0.05, 0) is 52.2 Å². The molecule has 0 atom stereocenters. The van der Waals surface area contributed by atoms with Crippen LogP contribution in [0.3, 0.4) is 0 Å². The van der Waals surface area contributed by atoms with Gasteiger partial charge in [0.05, 0.1) is 7.74 Å². The van der Waals surface area contributed by atoms with Crippen LogP contribution in [0.25, 0.3) is 0 Å². The molecule has 0 aromatic rings. The maximum atomic E-state index is 2.57. The van der Waals surface area contributed by atoms with Crippen LogP contribution in [0.5, 0.6) is 0 Å². The van der Waals surface area contributed by atoms with Gasteiger partial charge in [0.1, 0.15) is 0 Å². The Kier molecular flexibility index (Phi) is 11.7. The van der Waals surface area contributed by atoms with Crippen molar-refractivity contribution in [2.45, 2.75) is 46.3 Å². The quantitative estimate of drug-likeness (QED) is 0.438. The largest absolute Gasteiger partial charge is 2.00 e. The minimum absolute atomic E-state index is 0. The Balaban J connectivity index is -0.000000750. The SMILES string of the molecule is CC1=C(C)C([Si](C)(C)P(C)C)C(C)=C1C.[Cl-].[Cl-].[Ti+2]. The Morgan fingerprint density at radius 3 is 1.33 bits per heavy atom. The van der Waals surface area contributed by atoms with E-state index in [9.17, 15) is 0 Å². The maximum absolute atomic E-state index is 2.57. The van der Waals surface area contributed by atoms with Gasteiger partial charge in [-0.25, -0.2) is 0 Å². The second-order valence-electron chi connectivity index (χ2n) is 5.60. The van der Waals surface area contributed by atoms with Crippen LogP contribution in [0.15, 0.2) is 22.3 Å². The fraction of sp³-hybridized carbons (Fsp3) is 0.692. The van der Waals surface area contributed by atoms with E-state index in [1.807, 2.05) is 0 Å². The van der Waals surface area contributed by atoms with E-state index in [0.29, 0.717) is 0 Å². The molecule has 1 aliphatic carbocycles. The van der Waals surface area contributed by atoms with Gasteiger partial charge in [0.25, 0.3) is 0 Å². The van der Waals surface area contributed by atoms with Gasteiger partial charge in [-0.3, -0.25) is 0 Å². The summed E-state index contributed by atoms with van der Waals surface area (Å²) in [7, 11) is -0.884. The third kappa shape index (κ3) is 4.21. The van der Waals surface area contributed by atoms with Gasteiger partial charge in [-0.2, -0.15) is 0 Å². The molecule has 0 spiro atoms. The van der Waals surface area contributed by atoms with Crippen LogP contribution in [-0.4, -0.2) is 21.1 Å². The van der Waals surface area contributed by atoms with Crippen molar-refractivity contribution in [2.24, 2.45) is 0 Å². The molecule has 104 valence electrons. The summed E-state index contributed by atoms with van der Waals surface area (Å²) in [5.41, 5.74) is 7.28. The predicted octanol–water partition coefficient (Wildman–Crippen LogP) is -1.00. The van der Waals surface area contributed by atoms with Crippen molar-refractivity contribution in [1.29, 1.82) is 0 Å². The molecule has 18 heavy (non-hydrogen) atoms. The fourth-order valence-electron chi connectivity index (χ4n) is 2.67. The molecule has 1 rings (SSSR count). The van der Waals surface area contributed by atoms with E-state index in [4.69, 9.17) is 0 Å². The number of hydrogen-bond acceptors (Lipinski definition) is 0. The molecule has 5 heteroatoms. The zero-order valence-electron chi connectivity index (χ0n) is 12.8. The van der Waals surface area contributed by atoms with E-state index in [2.05, 4.69) is 54.1 Å². The molecule has 0 bridgehead atoms. The van der Waals surface area contributed by atoms with E-state index in [-0.39, 0.29) is 54.0 Å². The van der Waals surface area contributed by atoms with Crippen LogP contribution < -0.4 is 24.8 Å². The summed E-state index contributed by atoms with van der Waals surface area (Å²) in [6.07, 6.45) is 0. The Morgan fingerprint density at radius 1 is 0.833 bits per heavy atom. The normalized spacial score (nSPS) is 16.5. The molecule has 1 aliphatic rings. The Hall–Kier alpha value is 1.42. The summed E-state index contributed by atoms with van der Waals surface area (Å²) < 4.78 is 0. The average molecular weight is 359 g/mol. The van der Waals surface area contributed by atoms with E-state index < -0.39 is 7.74 Å². The predicted molar refractivity (Wildman–Crippen MR) is 76.7 cm³/mol. The van der Waals surface area contributed by atoms with Crippen molar-refractivity contribution < 1.29 is 46.5 Å². The van der Waals surface area contributed by atoms with Gasteiger partial charge < -0.3 is 24.8 Å². The topological polar surface area (TPSA) is 0 Å². The molecule has 0 radical (unpaired) electrons. The second kappa shape index (κ2) is 8.65. The third-order valence-electron chi connectivity index (χ3n) is 4.47. The molecular weight excluding hydrogens is 334 g/mol. The first-order valence-corrected chi connectivity index (χ1v) is 11.9. The molecule has 0 aromatic heterocycles. The molecule has 0 fully saturated rings. The molecule has 0 aromatic carbocycles. The van der Waals surface area contributed by atoms with Crippen LogP contribution in [-0.2, 0) is 21.7 Å². The van der Waals surface area contributed by atoms with E-state index in [0.717, 1.165) is 5.54 Å². The number of allylic oxidation sites excluding steroid dienone is 4. The zero-order chi connectivity index (χ0) is 12.0. The fourth-order valence-corrected chi connectivity index (χ4v) is 8.45. The summed E-state index contributed by atoms with van der Waals surface area (Å²) in [6.45, 7) is 19.4. The van der Waals surface area contributed by atoms with Crippen LogP contribution in [0.2, 0.25) is 18.6 Å². The number of hydrogen-bond donors (Lipinski definition) is 0. The van der Waals surface area contributed by atoms with Crippen LogP contribution in [0.1, 0.15) is 27.7 Å². The van der Waals surface area contributed by atoms with Crippen molar-refractivity contribution in [1.82, 2.24) is 0 Å². The summed E-state index contributed by atoms with van der Waals surface area (Å²) >= 11 is 0. The van der Waals surface area contributed by atoms with E-state index in [1.165, 1.54) is 0 Å². The molecule has 0 saturated heterocycles. The second-order valence-corrected chi connectivity index (χ2v) is 17.4. The minimum atomic E-state index is -1.11. The summed E-state index contributed by atoms with van der Waals surface area (Å²) in [6, 6.07) is 0. The van der Waals surface area contributed by atoms with E-state index in [1.54, 1.807) is 22.3 Å². The first-order chi connectivity index (χ1) is 6.71. The molecule has 0 unspecified atom stereocenters.